The van der Waals surface area contributed by atoms with Crippen molar-refractivity contribution in [1.82, 2.24) is 15.0 Å². The van der Waals surface area contributed by atoms with E-state index in [0.29, 0.717) is 16.0 Å². The fourth-order valence-electron chi connectivity index (χ4n) is 1.53. The van der Waals surface area contributed by atoms with Gasteiger partial charge in [-0.15, -0.1) is 11.8 Å². The average molecular weight is 336 g/mol. The van der Waals surface area contributed by atoms with E-state index >= 15 is 0 Å². The third kappa shape index (κ3) is 3.98. The molecule has 4 nitrogen and oxygen atoms in total. The fraction of sp³-hybridized carbons (Fsp3) is 0.250. The Bertz CT molecular complexity index is 646. The number of aromatic hydroxyl groups is 1. The van der Waals surface area contributed by atoms with Crippen LogP contribution in [0, 0.1) is 6.92 Å². The summed E-state index contributed by atoms with van der Waals surface area (Å²) < 4.78 is 37.8. The first kappa shape index (κ1) is 15.8. The third-order valence-corrected chi connectivity index (χ3v) is 4.06. The van der Waals surface area contributed by atoms with Crippen molar-refractivity contribution in [2.24, 2.45) is 0 Å². The first-order valence-corrected chi connectivity index (χ1v) is 7.00. The summed E-state index contributed by atoms with van der Waals surface area (Å²) in [6.07, 6.45) is -1.59. The number of alkyl halides is 3. The molecule has 2 heterocycles. The second-order valence-corrected chi connectivity index (χ2v) is 5.47. The number of thioether (sulfide) groups is 1. The first-order chi connectivity index (χ1) is 9.77. The van der Waals surface area contributed by atoms with Gasteiger partial charge >= 0.3 is 6.18 Å². The van der Waals surface area contributed by atoms with Crippen LogP contribution in [0.25, 0.3) is 0 Å². The third-order valence-electron chi connectivity index (χ3n) is 2.43. The number of rotatable bonds is 3. The molecule has 0 radical (unpaired) electrons. The molecule has 2 aromatic heterocycles. The van der Waals surface area contributed by atoms with Crippen LogP contribution in [0.15, 0.2) is 23.4 Å². The van der Waals surface area contributed by atoms with Crippen LogP contribution in [-0.4, -0.2) is 20.1 Å². The van der Waals surface area contributed by atoms with Crippen molar-refractivity contribution in [2.75, 3.05) is 0 Å². The van der Waals surface area contributed by atoms with Crippen LogP contribution in [0.5, 0.6) is 5.88 Å². The van der Waals surface area contributed by atoms with Gasteiger partial charge in [0.2, 0.25) is 5.88 Å². The van der Waals surface area contributed by atoms with E-state index in [1.807, 2.05) is 0 Å². The highest BCUT2D eigenvalue weighted by Gasteiger charge is 2.33. The van der Waals surface area contributed by atoms with Gasteiger partial charge in [-0.05, 0) is 12.5 Å². The van der Waals surface area contributed by atoms with Gasteiger partial charge < -0.3 is 5.11 Å². The quantitative estimate of drug-likeness (QED) is 0.863. The van der Waals surface area contributed by atoms with E-state index < -0.39 is 17.8 Å². The van der Waals surface area contributed by atoms with E-state index in [4.69, 9.17) is 11.6 Å². The van der Waals surface area contributed by atoms with E-state index in [9.17, 15) is 18.3 Å². The minimum Gasteiger partial charge on any atom is -0.493 e. The Morgan fingerprint density at radius 3 is 2.62 bits per heavy atom. The molecular weight excluding hydrogens is 327 g/mol. The van der Waals surface area contributed by atoms with E-state index in [-0.39, 0.29) is 11.6 Å². The molecule has 0 aromatic carbocycles. The molecule has 0 saturated heterocycles. The largest absolute Gasteiger partial charge is 0.493 e. The molecule has 0 amide bonds. The highest BCUT2D eigenvalue weighted by Crippen LogP contribution is 2.33. The Morgan fingerprint density at radius 2 is 2.00 bits per heavy atom. The summed E-state index contributed by atoms with van der Waals surface area (Å²) in [5.41, 5.74) is -0.383. The molecule has 9 heteroatoms. The zero-order valence-corrected chi connectivity index (χ0v) is 12.2. The number of aromatic nitrogens is 3. The summed E-state index contributed by atoms with van der Waals surface area (Å²) in [4.78, 5) is 11.6. The summed E-state index contributed by atoms with van der Waals surface area (Å²) in [6, 6.07) is 0.485. The van der Waals surface area contributed by atoms with Crippen molar-refractivity contribution < 1.29 is 18.3 Å². The second-order valence-electron chi connectivity index (χ2n) is 4.08. The van der Waals surface area contributed by atoms with Gasteiger partial charge in [0.1, 0.15) is 5.82 Å². The molecule has 0 fully saturated rings. The van der Waals surface area contributed by atoms with E-state index in [2.05, 4.69) is 15.0 Å². The van der Waals surface area contributed by atoms with Crippen LogP contribution < -0.4 is 0 Å². The maximum absolute atomic E-state index is 12.6. The van der Waals surface area contributed by atoms with Gasteiger partial charge in [0.05, 0.1) is 10.8 Å². The number of pyridine rings is 1. The van der Waals surface area contributed by atoms with Crippen molar-refractivity contribution in [3.8, 4) is 5.88 Å². The standard InChI is InChI=1S/C12H9ClF3N3OS/c1-6-3-17-4-7(13)11(6)21-5-9-18-8(12(14,15)16)2-10(20)19-9/h2-4H,5H2,1H3,(H,18,19,20). The lowest BCUT2D eigenvalue weighted by Gasteiger charge is -2.09. The van der Waals surface area contributed by atoms with Crippen LogP contribution in [0.1, 0.15) is 17.1 Å². The average Bonchev–Trinajstić information content (AvgIpc) is 2.36. The van der Waals surface area contributed by atoms with Gasteiger partial charge in [0.15, 0.2) is 5.69 Å². The zero-order chi connectivity index (χ0) is 15.6. The molecule has 0 saturated carbocycles. The van der Waals surface area contributed by atoms with Crippen molar-refractivity contribution in [3.63, 3.8) is 0 Å². The second kappa shape index (κ2) is 6.07. The number of halogens is 4. The number of hydrogen-bond donors (Lipinski definition) is 1. The predicted octanol–water partition coefficient (Wildman–Crippen LogP) is 3.85. The topological polar surface area (TPSA) is 58.9 Å². The molecule has 112 valence electrons. The highest BCUT2D eigenvalue weighted by atomic mass is 35.5. The minimum absolute atomic E-state index is 0.0437. The van der Waals surface area contributed by atoms with E-state index in [0.717, 1.165) is 5.56 Å². The summed E-state index contributed by atoms with van der Waals surface area (Å²) in [6.45, 7) is 1.78. The van der Waals surface area contributed by atoms with Crippen LogP contribution in [0.2, 0.25) is 5.02 Å². The molecule has 2 aromatic rings. The maximum Gasteiger partial charge on any atom is 0.433 e. The SMILES string of the molecule is Cc1cncc(Cl)c1SCc1nc(O)cc(C(F)(F)F)n1. The van der Waals surface area contributed by atoms with Crippen molar-refractivity contribution in [3.05, 3.63) is 40.6 Å². The lowest BCUT2D eigenvalue weighted by atomic mass is 10.3. The summed E-state index contributed by atoms with van der Waals surface area (Å²) >= 11 is 7.16. The summed E-state index contributed by atoms with van der Waals surface area (Å²) in [7, 11) is 0. The van der Waals surface area contributed by atoms with Crippen LogP contribution in [-0.2, 0) is 11.9 Å². The molecular formula is C12H9ClF3N3OS. The van der Waals surface area contributed by atoms with E-state index in [1.54, 1.807) is 13.1 Å². The Hall–Kier alpha value is -1.54. The zero-order valence-electron chi connectivity index (χ0n) is 10.6. The Labute approximate surface area is 127 Å². The lowest BCUT2D eigenvalue weighted by Crippen LogP contribution is -2.10. The number of hydrogen-bond acceptors (Lipinski definition) is 5. The van der Waals surface area contributed by atoms with Crippen LogP contribution in [0.4, 0.5) is 13.2 Å². The van der Waals surface area contributed by atoms with Crippen LogP contribution >= 0.6 is 23.4 Å². The minimum atomic E-state index is -4.63. The van der Waals surface area contributed by atoms with E-state index in [1.165, 1.54) is 18.0 Å². The first-order valence-electron chi connectivity index (χ1n) is 5.64. The highest BCUT2D eigenvalue weighted by molar-refractivity contribution is 7.98. The summed E-state index contributed by atoms with van der Waals surface area (Å²) in [5.74, 6) is -0.799. The molecule has 21 heavy (non-hydrogen) atoms. The van der Waals surface area contributed by atoms with Gasteiger partial charge in [-0.1, -0.05) is 11.6 Å². The molecule has 2 rings (SSSR count). The molecule has 0 aliphatic carbocycles. The Morgan fingerprint density at radius 1 is 1.29 bits per heavy atom. The normalized spacial score (nSPS) is 11.7. The Kier molecular flexibility index (Phi) is 4.58. The Balaban J connectivity index is 2.23. The number of aryl methyl sites for hydroxylation is 1. The van der Waals surface area contributed by atoms with Gasteiger partial charge in [-0.2, -0.15) is 18.2 Å². The lowest BCUT2D eigenvalue weighted by molar-refractivity contribution is -0.141. The fourth-order valence-corrected chi connectivity index (χ4v) is 2.78. The van der Waals surface area contributed by atoms with Gasteiger partial charge in [-0.3, -0.25) is 4.98 Å². The maximum atomic E-state index is 12.6. The van der Waals surface area contributed by atoms with Crippen molar-refractivity contribution in [2.45, 2.75) is 23.7 Å². The smallest absolute Gasteiger partial charge is 0.433 e. The van der Waals surface area contributed by atoms with Crippen molar-refractivity contribution >= 4 is 23.4 Å². The van der Waals surface area contributed by atoms with Crippen molar-refractivity contribution in [1.29, 1.82) is 0 Å². The molecule has 0 aliphatic rings. The number of nitrogens with zero attached hydrogens (tertiary/aromatic N) is 3. The molecule has 0 bridgehead atoms. The van der Waals surface area contributed by atoms with Crippen LogP contribution in [0.3, 0.4) is 0 Å². The molecule has 0 aliphatic heterocycles. The van der Waals surface area contributed by atoms with Gasteiger partial charge in [-0.25, -0.2) is 4.98 Å². The molecule has 0 spiro atoms. The molecule has 0 unspecified atom stereocenters. The molecule has 0 atom stereocenters. The van der Waals surface area contributed by atoms with Gasteiger partial charge in [0.25, 0.3) is 0 Å². The summed E-state index contributed by atoms with van der Waals surface area (Å²) in [5, 5.41) is 9.67. The molecule has 1 N–H and O–H groups in total. The van der Waals surface area contributed by atoms with Gasteiger partial charge in [0, 0.05) is 23.4 Å². The monoisotopic (exact) mass is 335 g/mol. The predicted molar refractivity (Wildman–Crippen MR) is 72.2 cm³/mol.